The largest absolute Gasteiger partial charge is 0.506 e. The van der Waals surface area contributed by atoms with Gasteiger partial charge in [-0.25, -0.2) is 9.50 Å². The van der Waals surface area contributed by atoms with Crippen LogP contribution in [0.4, 0.5) is 0 Å². The molecule has 0 bridgehead atoms. The topological polar surface area (TPSA) is 53.7 Å². The lowest BCUT2D eigenvalue weighted by atomic mass is 9.97. The third-order valence-electron chi connectivity index (χ3n) is 3.42. The fourth-order valence-corrected chi connectivity index (χ4v) is 2.33. The van der Waals surface area contributed by atoms with Crippen molar-refractivity contribution in [1.29, 1.82) is 0 Å². The number of rotatable bonds is 1. The summed E-state index contributed by atoms with van der Waals surface area (Å²) >= 11 is 0. The highest BCUT2D eigenvalue weighted by molar-refractivity contribution is 5.40. The van der Waals surface area contributed by atoms with Gasteiger partial charge in [-0.2, -0.15) is 5.10 Å². The predicted molar refractivity (Wildman–Crippen MR) is 64.1 cm³/mol. The summed E-state index contributed by atoms with van der Waals surface area (Å²) in [6.07, 6.45) is 3.82. The number of nitrogens with zero attached hydrogens (tertiary/aromatic N) is 4. The summed E-state index contributed by atoms with van der Waals surface area (Å²) in [4.78, 5) is 6.86. The van der Waals surface area contributed by atoms with Crippen molar-refractivity contribution in [2.75, 3.05) is 20.1 Å². The van der Waals surface area contributed by atoms with E-state index in [0.29, 0.717) is 5.92 Å². The van der Waals surface area contributed by atoms with E-state index in [0.717, 1.165) is 37.4 Å². The Labute approximate surface area is 99.7 Å². The molecule has 0 atom stereocenters. The van der Waals surface area contributed by atoms with E-state index in [-0.39, 0.29) is 5.75 Å². The highest BCUT2D eigenvalue weighted by atomic mass is 16.3. The molecule has 2 aromatic heterocycles. The van der Waals surface area contributed by atoms with Crippen molar-refractivity contribution in [3.8, 4) is 5.75 Å². The molecule has 1 aliphatic heterocycles. The van der Waals surface area contributed by atoms with Crippen LogP contribution in [-0.4, -0.2) is 44.7 Å². The zero-order valence-electron chi connectivity index (χ0n) is 9.87. The molecule has 3 heterocycles. The average molecular weight is 232 g/mol. The molecule has 5 heteroatoms. The molecule has 5 nitrogen and oxygen atoms in total. The number of pyridine rings is 1. The van der Waals surface area contributed by atoms with E-state index in [1.165, 1.54) is 0 Å². The number of likely N-dealkylation sites (tertiary alicyclic amines) is 1. The highest BCUT2D eigenvalue weighted by Gasteiger charge is 2.22. The van der Waals surface area contributed by atoms with E-state index in [4.69, 9.17) is 0 Å². The normalized spacial score (nSPS) is 18.9. The summed E-state index contributed by atoms with van der Waals surface area (Å²) in [5, 5.41) is 13.8. The smallest absolute Gasteiger partial charge is 0.155 e. The van der Waals surface area contributed by atoms with Gasteiger partial charge in [0.25, 0.3) is 0 Å². The zero-order valence-corrected chi connectivity index (χ0v) is 9.87. The quantitative estimate of drug-likeness (QED) is 0.804. The molecule has 0 amide bonds. The van der Waals surface area contributed by atoms with E-state index in [9.17, 15) is 5.11 Å². The molecule has 0 saturated carbocycles. The van der Waals surface area contributed by atoms with Gasteiger partial charge in [0, 0.05) is 5.92 Å². The van der Waals surface area contributed by atoms with Crippen LogP contribution in [0.25, 0.3) is 5.65 Å². The second kappa shape index (κ2) is 4.00. The predicted octanol–water partition coefficient (Wildman–Crippen LogP) is 1.24. The maximum atomic E-state index is 9.39. The standard InChI is InChI=1S/C12H16N4O/c1-15-6-4-9(5-7-15)12-13-11-3-2-10(17)8-16(11)14-12/h2-3,8-9,17H,4-7H2,1H3. The molecule has 2 aromatic rings. The van der Waals surface area contributed by atoms with Crippen LogP contribution in [0, 0.1) is 0 Å². The minimum Gasteiger partial charge on any atom is -0.506 e. The van der Waals surface area contributed by atoms with Gasteiger partial charge in [-0.1, -0.05) is 0 Å². The first-order chi connectivity index (χ1) is 8.22. The van der Waals surface area contributed by atoms with Crippen LogP contribution in [0.3, 0.4) is 0 Å². The van der Waals surface area contributed by atoms with Crippen LogP contribution in [0.1, 0.15) is 24.6 Å². The summed E-state index contributed by atoms with van der Waals surface area (Å²) in [5.74, 6) is 1.58. The van der Waals surface area contributed by atoms with E-state index >= 15 is 0 Å². The minimum atomic E-state index is 0.220. The average Bonchev–Trinajstić information content (AvgIpc) is 2.72. The lowest BCUT2D eigenvalue weighted by molar-refractivity contribution is 0.251. The Morgan fingerprint density at radius 1 is 1.29 bits per heavy atom. The summed E-state index contributed by atoms with van der Waals surface area (Å²) in [6.45, 7) is 2.21. The van der Waals surface area contributed by atoms with Crippen molar-refractivity contribution < 1.29 is 5.11 Å². The molecular weight excluding hydrogens is 216 g/mol. The molecule has 1 saturated heterocycles. The number of hydrogen-bond acceptors (Lipinski definition) is 4. The van der Waals surface area contributed by atoms with Crippen molar-refractivity contribution >= 4 is 5.65 Å². The van der Waals surface area contributed by atoms with Gasteiger partial charge in [0.05, 0.1) is 6.20 Å². The number of aromatic nitrogens is 3. The third-order valence-corrected chi connectivity index (χ3v) is 3.42. The van der Waals surface area contributed by atoms with Gasteiger partial charge in [0.15, 0.2) is 11.5 Å². The van der Waals surface area contributed by atoms with Gasteiger partial charge in [-0.05, 0) is 45.1 Å². The molecule has 0 aliphatic carbocycles. The number of piperidine rings is 1. The maximum absolute atomic E-state index is 9.39. The number of fused-ring (bicyclic) bond motifs is 1. The first kappa shape index (κ1) is 10.5. The van der Waals surface area contributed by atoms with E-state index in [2.05, 4.69) is 22.0 Å². The molecule has 3 rings (SSSR count). The van der Waals surface area contributed by atoms with Gasteiger partial charge >= 0.3 is 0 Å². The Morgan fingerprint density at radius 2 is 2.06 bits per heavy atom. The fraction of sp³-hybridized carbons (Fsp3) is 0.500. The lowest BCUT2D eigenvalue weighted by Gasteiger charge is -2.26. The van der Waals surface area contributed by atoms with Gasteiger partial charge in [0.1, 0.15) is 5.75 Å². The molecule has 1 N–H and O–H groups in total. The van der Waals surface area contributed by atoms with Crippen LogP contribution in [-0.2, 0) is 0 Å². The van der Waals surface area contributed by atoms with Gasteiger partial charge in [-0.15, -0.1) is 0 Å². The maximum Gasteiger partial charge on any atom is 0.155 e. The second-order valence-corrected chi connectivity index (χ2v) is 4.74. The van der Waals surface area contributed by atoms with Crippen LogP contribution in [0.5, 0.6) is 5.75 Å². The highest BCUT2D eigenvalue weighted by Crippen LogP contribution is 2.25. The molecule has 0 aromatic carbocycles. The first-order valence-corrected chi connectivity index (χ1v) is 5.96. The third kappa shape index (κ3) is 1.98. The van der Waals surface area contributed by atoms with Gasteiger partial charge < -0.3 is 10.0 Å². The lowest BCUT2D eigenvalue weighted by Crippen LogP contribution is -2.29. The molecule has 0 spiro atoms. The van der Waals surface area contributed by atoms with Crippen molar-refractivity contribution in [2.24, 2.45) is 0 Å². The molecule has 0 unspecified atom stereocenters. The van der Waals surface area contributed by atoms with Crippen LogP contribution in [0.15, 0.2) is 18.3 Å². The number of hydrogen-bond donors (Lipinski definition) is 1. The van der Waals surface area contributed by atoms with Gasteiger partial charge in [0.2, 0.25) is 0 Å². The zero-order chi connectivity index (χ0) is 11.8. The van der Waals surface area contributed by atoms with E-state index in [1.807, 2.05) is 0 Å². The minimum absolute atomic E-state index is 0.220. The monoisotopic (exact) mass is 232 g/mol. The Balaban J connectivity index is 1.90. The van der Waals surface area contributed by atoms with Crippen LogP contribution in [0.2, 0.25) is 0 Å². The van der Waals surface area contributed by atoms with E-state index < -0.39 is 0 Å². The van der Waals surface area contributed by atoms with Crippen molar-refractivity contribution in [1.82, 2.24) is 19.5 Å². The molecule has 1 aliphatic rings. The molecule has 17 heavy (non-hydrogen) atoms. The van der Waals surface area contributed by atoms with Crippen molar-refractivity contribution in [3.05, 3.63) is 24.2 Å². The summed E-state index contributed by atoms with van der Waals surface area (Å²) in [5.41, 5.74) is 0.803. The summed E-state index contributed by atoms with van der Waals surface area (Å²) in [6, 6.07) is 3.43. The fourth-order valence-electron chi connectivity index (χ4n) is 2.33. The van der Waals surface area contributed by atoms with E-state index in [1.54, 1.807) is 22.8 Å². The molecule has 90 valence electrons. The molecule has 1 fully saturated rings. The second-order valence-electron chi connectivity index (χ2n) is 4.74. The van der Waals surface area contributed by atoms with Gasteiger partial charge in [-0.3, -0.25) is 0 Å². The molecular formula is C12H16N4O. The SMILES string of the molecule is CN1CCC(c2nc3ccc(O)cn3n2)CC1. The Hall–Kier alpha value is -1.62. The van der Waals surface area contributed by atoms with Crippen LogP contribution >= 0.6 is 0 Å². The Bertz CT molecular complexity index is 528. The van der Waals surface area contributed by atoms with Crippen molar-refractivity contribution in [2.45, 2.75) is 18.8 Å². The summed E-state index contributed by atoms with van der Waals surface area (Å²) in [7, 11) is 2.14. The van der Waals surface area contributed by atoms with Crippen molar-refractivity contribution in [3.63, 3.8) is 0 Å². The number of aromatic hydroxyl groups is 1. The van der Waals surface area contributed by atoms with Crippen LogP contribution < -0.4 is 0 Å². The molecule has 0 radical (unpaired) electrons. The Kier molecular flexibility index (Phi) is 2.48. The first-order valence-electron chi connectivity index (χ1n) is 5.96. The summed E-state index contributed by atoms with van der Waals surface area (Å²) < 4.78 is 1.66. The Morgan fingerprint density at radius 3 is 2.82 bits per heavy atom.